The van der Waals surface area contributed by atoms with Gasteiger partial charge in [0.05, 0.1) is 5.56 Å². The molecule has 0 atom stereocenters. The van der Waals surface area contributed by atoms with E-state index in [0.717, 1.165) is 18.5 Å². The van der Waals surface area contributed by atoms with Gasteiger partial charge in [0.1, 0.15) is 11.1 Å². The zero-order chi connectivity index (χ0) is 15.8. The second-order valence-corrected chi connectivity index (χ2v) is 6.48. The summed E-state index contributed by atoms with van der Waals surface area (Å²) < 4.78 is 0. The number of hydrogen-bond donors (Lipinski definition) is 1. The second-order valence-electron chi connectivity index (χ2n) is 4.50. The van der Waals surface area contributed by atoms with Crippen molar-refractivity contribution in [2.45, 2.75) is 31.2 Å². The normalized spacial score (nSPS) is 10.2. The maximum Gasteiger partial charge on any atom is 0.226 e. The molecule has 2 aromatic heterocycles. The van der Waals surface area contributed by atoms with E-state index in [9.17, 15) is 4.79 Å². The van der Waals surface area contributed by atoms with Gasteiger partial charge in [-0.25, -0.2) is 9.97 Å². The van der Waals surface area contributed by atoms with Gasteiger partial charge in [-0.1, -0.05) is 13.3 Å². The molecule has 0 spiro atoms. The minimum Gasteiger partial charge on any atom is -0.302 e. The van der Waals surface area contributed by atoms with E-state index in [4.69, 9.17) is 5.26 Å². The Balaban J connectivity index is 1.89. The Bertz CT molecular complexity index is 665. The lowest BCUT2D eigenvalue weighted by molar-refractivity contribution is -0.115. The van der Waals surface area contributed by atoms with Gasteiger partial charge in [0.15, 0.2) is 5.13 Å². The summed E-state index contributed by atoms with van der Waals surface area (Å²) in [5.74, 6) is 0.500. The van der Waals surface area contributed by atoms with Crippen LogP contribution >= 0.6 is 23.1 Å². The van der Waals surface area contributed by atoms with Gasteiger partial charge in [-0.3, -0.25) is 4.79 Å². The second kappa shape index (κ2) is 8.51. The van der Waals surface area contributed by atoms with Gasteiger partial charge in [-0.15, -0.1) is 23.1 Å². The van der Waals surface area contributed by atoms with Gasteiger partial charge in [0.2, 0.25) is 5.91 Å². The Hall–Kier alpha value is -1.91. The highest BCUT2D eigenvalue weighted by Crippen LogP contribution is 2.22. The maximum atomic E-state index is 11.8. The molecule has 0 unspecified atom stereocenters. The van der Waals surface area contributed by atoms with E-state index in [1.54, 1.807) is 12.3 Å². The standard InChI is InChI=1S/C15H16N4OS2/c1-2-3-12-5-4-11(10-16)14(18-12)21-8-6-13(20)19-15-17-7-9-22-15/h4-5,7,9H,2-3,6,8H2,1H3,(H,17,19,20). The fraction of sp³-hybridized carbons (Fsp3) is 0.333. The highest BCUT2D eigenvalue weighted by atomic mass is 32.2. The van der Waals surface area contributed by atoms with Crippen LogP contribution in [-0.2, 0) is 11.2 Å². The summed E-state index contributed by atoms with van der Waals surface area (Å²) in [6.45, 7) is 2.09. The number of nitrogens with one attached hydrogen (secondary N) is 1. The van der Waals surface area contributed by atoms with Crippen molar-refractivity contribution < 1.29 is 4.79 Å². The zero-order valence-electron chi connectivity index (χ0n) is 12.2. The van der Waals surface area contributed by atoms with Gasteiger partial charge in [-0.05, 0) is 18.6 Å². The number of amides is 1. The molecule has 7 heteroatoms. The number of nitriles is 1. The molecule has 5 nitrogen and oxygen atoms in total. The van der Waals surface area contributed by atoms with E-state index in [1.165, 1.54) is 23.1 Å². The molecule has 0 aliphatic heterocycles. The minimum absolute atomic E-state index is 0.0781. The van der Waals surface area contributed by atoms with Crippen molar-refractivity contribution in [2.24, 2.45) is 0 Å². The fourth-order valence-electron chi connectivity index (χ4n) is 1.78. The summed E-state index contributed by atoms with van der Waals surface area (Å²) in [7, 11) is 0. The summed E-state index contributed by atoms with van der Waals surface area (Å²) in [5, 5.41) is 15.0. The van der Waals surface area contributed by atoms with Crippen LogP contribution in [0.4, 0.5) is 5.13 Å². The first-order valence-electron chi connectivity index (χ1n) is 6.95. The first kappa shape index (κ1) is 16.5. The molecule has 114 valence electrons. The number of aromatic nitrogens is 2. The smallest absolute Gasteiger partial charge is 0.226 e. The fourth-order valence-corrected chi connectivity index (χ4v) is 3.25. The van der Waals surface area contributed by atoms with Gasteiger partial charge in [-0.2, -0.15) is 5.26 Å². The number of carbonyl (C=O) groups excluding carboxylic acids is 1. The van der Waals surface area contributed by atoms with Crippen molar-refractivity contribution in [1.82, 2.24) is 9.97 Å². The molecule has 0 aliphatic rings. The van der Waals surface area contributed by atoms with Crippen LogP contribution < -0.4 is 5.32 Å². The lowest BCUT2D eigenvalue weighted by Crippen LogP contribution is -2.12. The first-order chi connectivity index (χ1) is 10.7. The average molecular weight is 332 g/mol. The number of hydrogen-bond acceptors (Lipinski definition) is 6. The Morgan fingerprint density at radius 2 is 2.36 bits per heavy atom. The van der Waals surface area contributed by atoms with Crippen LogP contribution in [-0.4, -0.2) is 21.6 Å². The molecule has 2 rings (SSSR count). The molecule has 0 saturated carbocycles. The molecule has 1 N–H and O–H groups in total. The average Bonchev–Trinajstić information content (AvgIpc) is 3.01. The van der Waals surface area contributed by atoms with E-state index in [2.05, 4.69) is 28.3 Å². The van der Waals surface area contributed by atoms with Crippen LogP contribution in [0.5, 0.6) is 0 Å². The monoisotopic (exact) mass is 332 g/mol. The zero-order valence-corrected chi connectivity index (χ0v) is 13.8. The van der Waals surface area contributed by atoms with E-state index < -0.39 is 0 Å². The lowest BCUT2D eigenvalue weighted by atomic mass is 10.2. The van der Waals surface area contributed by atoms with E-state index in [-0.39, 0.29) is 5.91 Å². The lowest BCUT2D eigenvalue weighted by Gasteiger charge is -2.06. The quantitative estimate of drug-likeness (QED) is 0.785. The number of thiazole rings is 1. The highest BCUT2D eigenvalue weighted by Gasteiger charge is 2.09. The SMILES string of the molecule is CCCc1ccc(C#N)c(SCCC(=O)Nc2nccs2)n1. The highest BCUT2D eigenvalue weighted by molar-refractivity contribution is 7.99. The van der Waals surface area contributed by atoms with Gasteiger partial charge in [0.25, 0.3) is 0 Å². The van der Waals surface area contributed by atoms with Gasteiger partial charge in [0, 0.05) is 29.4 Å². The number of anilines is 1. The predicted molar refractivity (Wildman–Crippen MR) is 89.0 cm³/mol. The molecule has 0 fully saturated rings. The third-order valence-electron chi connectivity index (χ3n) is 2.79. The van der Waals surface area contributed by atoms with E-state index in [0.29, 0.717) is 27.9 Å². The number of thioether (sulfide) groups is 1. The van der Waals surface area contributed by atoms with Crippen LogP contribution in [0.25, 0.3) is 0 Å². The topological polar surface area (TPSA) is 78.7 Å². The molecule has 1 amide bonds. The van der Waals surface area contributed by atoms with Crippen LogP contribution in [0.1, 0.15) is 31.0 Å². The van der Waals surface area contributed by atoms with Crippen LogP contribution in [0, 0.1) is 11.3 Å². The van der Waals surface area contributed by atoms with Crippen molar-refractivity contribution in [2.75, 3.05) is 11.1 Å². The van der Waals surface area contributed by atoms with Gasteiger partial charge < -0.3 is 5.32 Å². The molecule has 0 aliphatic carbocycles. The molecular weight excluding hydrogens is 316 g/mol. The van der Waals surface area contributed by atoms with Gasteiger partial charge >= 0.3 is 0 Å². The molecule has 0 saturated heterocycles. The third-order valence-corrected chi connectivity index (χ3v) is 4.47. The Morgan fingerprint density at radius 1 is 1.50 bits per heavy atom. The number of pyridine rings is 1. The number of nitrogens with zero attached hydrogens (tertiary/aromatic N) is 3. The number of carbonyl (C=O) groups is 1. The molecule has 22 heavy (non-hydrogen) atoms. The van der Waals surface area contributed by atoms with Crippen LogP contribution in [0.3, 0.4) is 0 Å². The van der Waals surface area contributed by atoms with E-state index in [1.807, 2.05) is 11.4 Å². The van der Waals surface area contributed by atoms with Crippen molar-refractivity contribution >= 4 is 34.1 Å². The summed E-state index contributed by atoms with van der Waals surface area (Å²) in [6, 6.07) is 5.84. The van der Waals surface area contributed by atoms with Crippen molar-refractivity contribution in [1.29, 1.82) is 5.26 Å². The van der Waals surface area contributed by atoms with Crippen LogP contribution in [0.2, 0.25) is 0 Å². The van der Waals surface area contributed by atoms with Crippen LogP contribution in [0.15, 0.2) is 28.7 Å². The third kappa shape index (κ3) is 4.83. The molecule has 2 heterocycles. The Morgan fingerprint density at radius 3 is 3.05 bits per heavy atom. The summed E-state index contributed by atoms with van der Waals surface area (Å²) in [5.41, 5.74) is 1.54. The maximum absolute atomic E-state index is 11.8. The minimum atomic E-state index is -0.0781. The molecular formula is C15H16N4OS2. The molecule has 0 bridgehead atoms. The van der Waals surface area contributed by atoms with Crippen molar-refractivity contribution in [3.63, 3.8) is 0 Å². The summed E-state index contributed by atoms with van der Waals surface area (Å²) in [4.78, 5) is 20.3. The molecule has 2 aromatic rings. The number of aryl methyl sites for hydroxylation is 1. The summed E-state index contributed by atoms with van der Waals surface area (Å²) in [6.07, 6.45) is 3.91. The Kier molecular flexibility index (Phi) is 6.37. The first-order valence-corrected chi connectivity index (χ1v) is 8.81. The molecule has 0 aromatic carbocycles. The van der Waals surface area contributed by atoms with Crippen molar-refractivity contribution in [3.05, 3.63) is 35.0 Å². The number of rotatable bonds is 7. The predicted octanol–water partition coefficient (Wildman–Crippen LogP) is 3.48. The molecule has 0 radical (unpaired) electrons. The summed E-state index contributed by atoms with van der Waals surface area (Å²) >= 11 is 2.83. The van der Waals surface area contributed by atoms with Crippen molar-refractivity contribution in [3.8, 4) is 6.07 Å². The van der Waals surface area contributed by atoms with E-state index >= 15 is 0 Å². The Labute approximate surface area is 137 Å². The largest absolute Gasteiger partial charge is 0.302 e.